The van der Waals surface area contributed by atoms with E-state index in [0.29, 0.717) is 22.7 Å². The molecule has 2 aromatic carbocycles. The number of carbonyl (C=O) groups excluding carboxylic acids is 2. The maximum atomic E-state index is 12.5. The molecule has 0 atom stereocenters. The number of aryl methyl sites for hydroxylation is 1. The number of phenolic OH excluding ortho intramolecular Hbond substituents is 1. The molecule has 0 unspecified atom stereocenters. The zero-order valence-electron chi connectivity index (χ0n) is 15.4. The molecule has 0 saturated carbocycles. The van der Waals surface area contributed by atoms with Crippen LogP contribution in [0.4, 0.5) is 5.69 Å². The minimum atomic E-state index is -0.382. The third-order valence-corrected chi connectivity index (χ3v) is 3.92. The van der Waals surface area contributed by atoms with Gasteiger partial charge in [0.25, 0.3) is 11.8 Å². The van der Waals surface area contributed by atoms with Crippen LogP contribution in [0.15, 0.2) is 60.8 Å². The summed E-state index contributed by atoms with van der Waals surface area (Å²) in [7, 11) is 1.52. The van der Waals surface area contributed by atoms with Crippen molar-refractivity contribution < 1.29 is 19.4 Å². The molecule has 7 heteroatoms. The molecule has 3 rings (SSSR count). The molecule has 2 amide bonds. The highest BCUT2D eigenvalue weighted by molar-refractivity contribution is 6.05. The van der Waals surface area contributed by atoms with Gasteiger partial charge in [0, 0.05) is 24.9 Å². The van der Waals surface area contributed by atoms with Gasteiger partial charge in [0.15, 0.2) is 0 Å². The average molecular weight is 377 g/mol. The fraction of sp³-hybridized carbons (Fsp3) is 0.0952. The third kappa shape index (κ3) is 4.45. The molecule has 0 spiro atoms. The van der Waals surface area contributed by atoms with Crippen molar-refractivity contribution >= 4 is 17.5 Å². The van der Waals surface area contributed by atoms with E-state index in [9.17, 15) is 14.7 Å². The number of aromatic nitrogens is 1. The lowest BCUT2D eigenvalue weighted by molar-refractivity contribution is 0.0957. The number of hydrogen-bond acceptors (Lipinski definition) is 5. The fourth-order valence-electron chi connectivity index (χ4n) is 2.51. The number of rotatable bonds is 5. The monoisotopic (exact) mass is 377 g/mol. The van der Waals surface area contributed by atoms with E-state index in [1.165, 1.54) is 25.4 Å². The summed E-state index contributed by atoms with van der Waals surface area (Å²) in [6.45, 7) is 1.87. The smallest absolute Gasteiger partial charge is 0.269 e. The first-order chi connectivity index (χ1) is 13.5. The number of phenols is 1. The second-order valence-corrected chi connectivity index (χ2v) is 6.06. The fourth-order valence-corrected chi connectivity index (χ4v) is 2.51. The first-order valence-corrected chi connectivity index (χ1v) is 8.53. The molecule has 142 valence electrons. The number of carbonyl (C=O) groups is 2. The molecular weight excluding hydrogens is 358 g/mol. The summed E-state index contributed by atoms with van der Waals surface area (Å²) in [4.78, 5) is 28.2. The molecule has 28 heavy (non-hydrogen) atoms. The van der Waals surface area contributed by atoms with E-state index in [-0.39, 0.29) is 23.3 Å². The van der Waals surface area contributed by atoms with Crippen LogP contribution < -0.4 is 15.4 Å². The molecule has 3 N–H and O–H groups in total. The molecule has 7 nitrogen and oxygen atoms in total. The van der Waals surface area contributed by atoms with Crippen molar-refractivity contribution in [3.63, 3.8) is 0 Å². The van der Waals surface area contributed by atoms with Gasteiger partial charge in [-0.2, -0.15) is 0 Å². The van der Waals surface area contributed by atoms with Crippen LogP contribution in [0, 0.1) is 6.92 Å². The Labute approximate surface area is 162 Å². The summed E-state index contributed by atoms with van der Waals surface area (Å²) < 4.78 is 5.75. The van der Waals surface area contributed by atoms with Crippen LogP contribution in [0.3, 0.4) is 0 Å². The highest BCUT2D eigenvalue weighted by Crippen LogP contribution is 2.26. The van der Waals surface area contributed by atoms with Gasteiger partial charge in [0.1, 0.15) is 22.9 Å². The zero-order valence-corrected chi connectivity index (χ0v) is 15.4. The van der Waals surface area contributed by atoms with Crippen LogP contribution in [-0.2, 0) is 0 Å². The summed E-state index contributed by atoms with van der Waals surface area (Å²) in [5.41, 5.74) is 1.83. The molecule has 0 saturated heterocycles. The van der Waals surface area contributed by atoms with Crippen LogP contribution >= 0.6 is 0 Å². The van der Waals surface area contributed by atoms with E-state index in [2.05, 4.69) is 15.6 Å². The van der Waals surface area contributed by atoms with Gasteiger partial charge < -0.3 is 20.5 Å². The Hall–Kier alpha value is -3.87. The van der Waals surface area contributed by atoms with E-state index in [1.807, 2.05) is 6.92 Å². The molecule has 0 aliphatic rings. The first-order valence-electron chi connectivity index (χ1n) is 8.53. The summed E-state index contributed by atoms with van der Waals surface area (Å²) >= 11 is 0. The number of benzene rings is 2. The van der Waals surface area contributed by atoms with Crippen molar-refractivity contribution in [2.75, 3.05) is 12.4 Å². The quantitative estimate of drug-likeness (QED) is 0.591. The van der Waals surface area contributed by atoms with Gasteiger partial charge in [-0.1, -0.05) is 12.1 Å². The maximum Gasteiger partial charge on any atom is 0.269 e. The number of aromatic hydroxyl groups is 1. The van der Waals surface area contributed by atoms with E-state index < -0.39 is 0 Å². The first kappa shape index (κ1) is 18.9. The van der Waals surface area contributed by atoms with Gasteiger partial charge in [0.05, 0.1) is 5.69 Å². The van der Waals surface area contributed by atoms with E-state index >= 15 is 0 Å². The second kappa shape index (κ2) is 8.22. The number of pyridine rings is 1. The van der Waals surface area contributed by atoms with E-state index in [4.69, 9.17) is 4.74 Å². The maximum absolute atomic E-state index is 12.5. The van der Waals surface area contributed by atoms with Crippen LogP contribution in [0.2, 0.25) is 0 Å². The highest BCUT2D eigenvalue weighted by atomic mass is 16.5. The van der Waals surface area contributed by atoms with E-state index in [0.717, 1.165) is 5.56 Å². The van der Waals surface area contributed by atoms with Gasteiger partial charge in [-0.15, -0.1) is 0 Å². The number of amides is 2. The van der Waals surface area contributed by atoms with Crippen LogP contribution in [0.1, 0.15) is 26.4 Å². The minimum Gasteiger partial charge on any atom is -0.506 e. The van der Waals surface area contributed by atoms with Gasteiger partial charge in [-0.05, 0) is 48.9 Å². The topological polar surface area (TPSA) is 101 Å². The third-order valence-electron chi connectivity index (χ3n) is 3.92. The van der Waals surface area contributed by atoms with Crippen molar-refractivity contribution in [1.29, 1.82) is 0 Å². The van der Waals surface area contributed by atoms with Gasteiger partial charge in [-0.25, -0.2) is 0 Å². The predicted octanol–water partition coefficient (Wildman–Crippen LogP) is 3.50. The number of nitrogens with one attached hydrogen (secondary N) is 2. The Kier molecular flexibility index (Phi) is 5.55. The average Bonchev–Trinajstić information content (AvgIpc) is 2.70. The number of ether oxygens (including phenoxy) is 1. The van der Waals surface area contributed by atoms with Crippen molar-refractivity contribution in [1.82, 2.24) is 10.3 Å². The number of nitrogens with zero attached hydrogens (tertiary/aromatic N) is 1. The zero-order chi connectivity index (χ0) is 20.1. The van der Waals surface area contributed by atoms with Crippen LogP contribution in [0.5, 0.6) is 17.2 Å². The molecular formula is C21H19N3O4. The normalized spacial score (nSPS) is 10.2. The van der Waals surface area contributed by atoms with Crippen molar-refractivity contribution in [3.05, 3.63) is 77.6 Å². The molecule has 1 heterocycles. The lowest BCUT2D eigenvalue weighted by atomic mass is 10.1. The van der Waals surface area contributed by atoms with E-state index in [1.54, 1.807) is 42.5 Å². The molecule has 1 aromatic heterocycles. The summed E-state index contributed by atoms with van der Waals surface area (Å²) in [6, 6.07) is 14.7. The standard InChI is InChI=1S/C21H19N3O4/c1-13-6-7-19(25)17(10-13)24-20(26)14-4-3-5-15(11-14)28-16-8-9-23-18(12-16)21(27)22-2/h3-12,25H,1-2H3,(H,22,27)(H,24,26). The molecule has 0 aliphatic carbocycles. The summed E-state index contributed by atoms with van der Waals surface area (Å²) in [5, 5.41) is 15.1. The van der Waals surface area contributed by atoms with Crippen LogP contribution in [0.25, 0.3) is 0 Å². The Bertz CT molecular complexity index is 1030. The highest BCUT2D eigenvalue weighted by Gasteiger charge is 2.11. The van der Waals surface area contributed by atoms with Gasteiger partial charge in [-0.3, -0.25) is 14.6 Å². The second-order valence-electron chi connectivity index (χ2n) is 6.06. The summed E-state index contributed by atoms with van der Waals surface area (Å²) in [6.07, 6.45) is 1.47. The molecule has 0 bridgehead atoms. The SMILES string of the molecule is CNC(=O)c1cc(Oc2cccc(C(=O)Nc3cc(C)ccc3O)c2)ccn1. The Morgan fingerprint density at radius 2 is 1.79 bits per heavy atom. The molecule has 0 aliphatic heterocycles. The van der Waals surface area contributed by atoms with Crippen molar-refractivity contribution in [2.45, 2.75) is 6.92 Å². The Morgan fingerprint density at radius 1 is 1.00 bits per heavy atom. The Morgan fingerprint density at radius 3 is 2.57 bits per heavy atom. The van der Waals surface area contributed by atoms with Gasteiger partial charge >= 0.3 is 0 Å². The lowest BCUT2D eigenvalue weighted by Crippen LogP contribution is -2.18. The number of anilines is 1. The molecule has 3 aromatic rings. The minimum absolute atomic E-state index is 0.00938. The van der Waals surface area contributed by atoms with Crippen molar-refractivity contribution in [3.8, 4) is 17.2 Å². The van der Waals surface area contributed by atoms with Gasteiger partial charge in [0.2, 0.25) is 0 Å². The molecule has 0 fully saturated rings. The summed E-state index contributed by atoms with van der Waals surface area (Å²) in [5.74, 6) is 0.131. The predicted molar refractivity (Wildman–Crippen MR) is 105 cm³/mol. The van der Waals surface area contributed by atoms with Crippen LogP contribution in [-0.4, -0.2) is 29.0 Å². The molecule has 0 radical (unpaired) electrons. The Balaban J connectivity index is 1.78. The number of hydrogen-bond donors (Lipinski definition) is 3. The van der Waals surface area contributed by atoms with Crippen molar-refractivity contribution in [2.24, 2.45) is 0 Å². The lowest BCUT2D eigenvalue weighted by Gasteiger charge is -2.10. The largest absolute Gasteiger partial charge is 0.506 e.